The normalized spacial score (nSPS) is 11.0. The first-order chi connectivity index (χ1) is 12.3. The van der Waals surface area contributed by atoms with Gasteiger partial charge in [0, 0.05) is 0 Å². The van der Waals surface area contributed by atoms with Gasteiger partial charge in [-0.15, -0.1) is 11.8 Å². The standard InChI is InChI=1S/C19H16N4OS/c1-13-8-6-7-11-15(13)24-18-16-17(20-12-21-18)23(22-19(16)25-2)14-9-4-3-5-10-14/h3-12H,1-2H3. The fraction of sp³-hybridized carbons (Fsp3) is 0.105. The molecule has 2 aromatic carbocycles. The van der Waals surface area contributed by atoms with Crippen LogP contribution in [0, 0.1) is 6.92 Å². The molecule has 0 aliphatic carbocycles. The van der Waals surface area contributed by atoms with E-state index in [1.54, 1.807) is 11.8 Å². The molecule has 0 atom stereocenters. The third kappa shape index (κ3) is 2.85. The van der Waals surface area contributed by atoms with E-state index in [9.17, 15) is 0 Å². The number of rotatable bonds is 4. The zero-order chi connectivity index (χ0) is 17.2. The minimum atomic E-state index is 0.519. The molecule has 0 amide bonds. The van der Waals surface area contributed by atoms with Crippen LogP contribution in [0.1, 0.15) is 5.56 Å². The summed E-state index contributed by atoms with van der Waals surface area (Å²) in [5.74, 6) is 1.30. The average Bonchev–Trinajstić information content (AvgIpc) is 3.04. The van der Waals surface area contributed by atoms with E-state index in [0.29, 0.717) is 5.88 Å². The van der Waals surface area contributed by atoms with Gasteiger partial charge in [-0.2, -0.15) is 5.10 Å². The highest BCUT2D eigenvalue weighted by Crippen LogP contribution is 2.35. The third-order valence-corrected chi connectivity index (χ3v) is 4.56. The van der Waals surface area contributed by atoms with Gasteiger partial charge in [0.25, 0.3) is 0 Å². The topological polar surface area (TPSA) is 52.8 Å². The summed E-state index contributed by atoms with van der Waals surface area (Å²) in [5, 5.41) is 6.36. The Bertz CT molecular complexity index is 1030. The first kappa shape index (κ1) is 15.7. The predicted molar refractivity (Wildman–Crippen MR) is 99.7 cm³/mol. The van der Waals surface area contributed by atoms with Crippen LogP contribution in [-0.4, -0.2) is 26.0 Å². The average molecular weight is 348 g/mol. The summed E-state index contributed by atoms with van der Waals surface area (Å²) in [6, 6.07) is 17.8. The smallest absolute Gasteiger partial charge is 0.234 e. The van der Waals surface area contributed by atoms with Crippen molar-refractivity contribution in [3.8, 4) is 17.3 Å². The fourth-order valence-corrected chi connectivity index (χ4v) is 3.19. The van der Waals surface area contributed by atoms with Gasteiger partial charge in [0.1, 0.15) is 22.5 Å². The molecule has 0 aliphatic heterocycles. The van der Waals surface area contributed by atoms with Gasteiger partial charge in [0.05, 0.1) is 5.69 Å². The summed E-state index contributed by atoms with van der Waals surface area (Å²) in [6.07, 6.45) is 3.50. The van der Waals surface area contributed by atoms with Crippen molar-refractivity contribution in [1.29, 1.82) is 0 Å². The van der Waals surface area contributed by atoms with Crippen LogP contribution in [0.4, 0.5) is 0 Å². The maximum Gasteiger partial charge on any atom is 0.234 e. The maximum absolute atomic E-state index is 6.10. The quantitative estimate of drug-likeness (QED) is 0.503. The van der Waals surface area contributed by atoms with Crippen LogP contribution < -0.4 is 4.74 Å². The second-order valence-corrected chi connectivity index (χ2v) is 6.30. The Morgan fingerprint density at radius 2 is 1.72 bits per heavy atom. The number of aryl methyl sites for hydroxylation is 1. The highest BCUT2D eigenvalue weighted by molar-refractivity contribution is 7.98. The highest BCUT2D eigenvalue weighted by Gasteiger charge is 2.19. The fourth-order valence-electron chi connectivity index (χ4n) is 2.64. The molecule has 0 aliphatic rings. The van der Waals surface area contributed by atoms with Crippen LogP contribution in [0.2, 0.25) is 0 Å². The van der Waals surface area contributed by atoms with Crippen molar-refractivity contribution in [2.45, 2.75) is 11.9 Å². The molecule has 0 saturated heterocycles. The number of hydrogen-bond acceptors (Lipinski definition) is 5. The largest absolute Gasteiger partial charge is 0.438 e. The maximum atomic E-state index is 6.10. The Kier molecular flexibility index (Phi) is 4.11. The number of para-hydroxylation sites is 2. The van der Waals surface area contributed by atoms with Gasteiger partial charge in [0.15, 0.2) is 5.65 Å². The molecule has 25 heavy (non-hydrogen) atoms. The van der Waals surface area contributed by atoms with E-state index in [0.717, 1.165) is 33.1 Å². The van der Waals surface area contributed by atoms with Crippen LogP contribution in [0.15, 0.2) is 66.0 Å². The Hall–Kier alpha value is -2.86. The van der Waals surface area contributed by atoms with E-state index in [1.807, 2.05) is 72.5 Å². The second-order valence-electron chi connectivity index (χ2n) is 5.50. The minimum Gasteiger partial charge on any atom is -0.438 e. The van der Waals surface area contributed by atoms with Crippen LogP contribution in [0.5, 0.6) is 11.6 Å². The van der Waals surface area contributed by atoms with Crippen LogP contribution >= 0.6 is 11.8 Å². The molecule has 0 fully saturated rings. The molecule has 0 bridgehead atoms. The van der Waals surface area contributed by atoms with Crippen LogP contribution in [-0.2, 0) is 0 Å². The Morgan fingerprint density at radius 1 is 0.960 bits per heavy atom. The molecule has 4 rings (SSSR count). The summed E-state index contributed by atoms with van der Waals surface area (Å²) in [7, 11) is 0. The SMILES string of the molecule is CSc1nn(-c2ccccc2)c2ncnc(Oc3ccccc3C)c12. The molecule has 0 unspecified atom stereocenters. The molecule has 0 spiro atoms. The van der Waals surface area contributed by atoms with Crippen molar-refractivity contribution < 1.29 is 4.74 Å². The summed E-state index contributed by atoms with van der Waals surface area (Å²) in [4.78, 5) is 8.81. The number of benzene rings is 2. The molecular weight excluding hydrogens is 332 g/mol. The molecule has 4 aromatic rings. The molecule has 2 aromatic heterocycles. The Labute approximate surface area is 149 Å². The number of nitrogens with zero attached hydrogens (tertiary/aromatic N) is 4. The van der Waals surface area contributed by atoms with Crippen molar-refractivity contribution in [3.63, 3.8) is 0 Å². The first-order valence-corrected chi connectivity index (χ1v) is 9.07. The summed E-state index contributed by atoms with van der Waals surface area (Å²) in [5.41, 5.74) is 2.73. The molecule has 124 valence electrons. The third-order valence-electron chi connectivity index (χ3n) is 3.89. The number of thioether (sulfide) groups is 1. The van der Waals surface area contributed by atoms with Crippen LogP contribution in [0.25, 0.3) is 16.7 Å². The second kappa shape index (κ2) is 6.57. The molecule has 0 saturated carbocycles. The van der Waals surface area contributed by atoms with Crippen LogP contribution in [0.3, 0.4) is 0 Å². The zero-order valence-corrected chi connectivity index (χ0v) is 14.7. The van der Waals surface area contributed by atoms with Crippen molar-refractivity contribution in [2.75, 3.05) is 6.26 Å². The lowest BCUT2D eigenvalue weighted by molar-refractivity contribution is 0.464. The number of aromatic nitrogens is 4. The van der Waals surface area contributed by atoms with E-state index >= 15 is 0 Å². The molecule has 5 nitrogen and oxygen atoms in total. The van der Waals surface area contributed by atoms with E-state index < -0.39 is 0 Å². The predicted octanol–water partition coefficient (Wildman–Crippen LogP) is 4.64. The molecule has 2 heterocycles. The van der Waals surface area contributed by atoms with Gasteiger partial charge >= 0.3 is 0 Å². The zero-order valence-electron chi connectivity index (χ0n) is 13.9. The van der Waals surface area contributed by atoms with Gasteiger partial charge in [-0.1, -0.05) is 36.4 Å². The van der Waals surface area contributed by atoms with Crippen molar-refractivity contribution in [3.05, 3.63) is 66.5 Å². The number of ether oxygens (including phenoxy) is 1. The molecule has 0 N–H and O–H groups in total. The van der Waals surface area contributed by atoms with Gasteiger partial charge in [-0.25, -0.2) is 14.6 Å². The number of fused-ring (bicyclic) bond motifs is 1. The lowest BCUT2D eigenvalue weighted by Gasteiger charge is -2.08. The van der Waals surface area contributed by atoms with E-state index in [1.165, 1.54) is 6.33 Å². The Balaban J connectivity index is 1.89. The van der Waals surface area contributed by atoms with E-state index in [-0.39, 0.29) is 0 Å². The van der Waals surface area contributed by atoms with Crippen molar-refractivity contribution in [2.24, 2.45) is 0 Å². The summed E-state index contributed by atoms with van der Waals surface area (Å²) in [6.45, 7) is 2.01. The highest BCUT2D eigenvalue weighted by atomic mass is 32.2. The molecule has 0 radical (unpaired) electrons. The van der Waals surface area contributed by atoms with Gasteiger partial charge in [-0.3, -0.25) is 0 Å². The first-order valence-electron chi connectivity index (χ1n) is 7.84. The van der Waals surface area contributed by atoms with Gasteiger partial charge < -0.3 is 4.74 Å². The summed E-state index contributed by atoms with van der Waals surface area (Å²) >= 11 is 1.55. The number of hydrogen-bond donors (Lipinski definition) is 0. The van der Waals surface area contributed by atoms with Crippen molar-refractivity contribution in [1.82, 2.24) is 19.7 Å². The van der Waals surface area contributed by atoms with Crippen molar-refractivity contribution >= 4 is 22.8 Å². The van der Waals surface area contributed by atoms with Gasteiger partial charge in [0.2, 0.25) is 5.88 Å². The summed E-state index contributed by atoms with van der Waals surface area (Å²) < 4.78 is 7.92. The minimum absolute atomic E-state index is 0.519. The van der Waals surface area contributed by atoms with E-state index in [4.69, 9.17) is 9.84 Å². The molecule has 6 heteroatoms. The molecular formula is C19H16N4OS. The lowest BCUT2D eigenvalue weighted by atomic mass is 10.2. The Morgan fingerprint density at radius 3 is 2.48 bits per heavy atom. The van der Waals surface area contributed by atoms with E-state index in [2.05, 4.69) is 9.97 Å². The lowest BCUT2D eigenvalue weighted by Crippen LogP contribution is -1.98. The monoisotopic (exact) mass is 348 g/mol. The van der Waals surface area contributed by atoms with Gasteiger partial charge in [-0.05, 0) is 36.9 Å².